The first-order valence-corrected chi connectivity index (χ1v) is 8.71. The van der Waals surface area contributed by atoms with Gasteiger partial charge in [0.15, 0.2) is 0 Å². The van der Waals surface area contributed by atoms with E-state index in [4.69, 9.17) is 11.1 Å². The van der Waals surface area contributed by atoms with E-state index in [-0.39, 0.29) is 5.82 Å². The van der Waals surface area contributed by atoms with Gasteiger partial charge in [0.25, 0.3) is 0 Å². The topological polar surface area (TPSA) is 62.2 Å². The van der Waals surface area contributed by atoms with Gasteiger partial charge in [-0.15, -0.1) is 0 Å². The summed E-state index contributed by atoms with van der Waals surface area (Å²) in [7, 11) is 0. The second-order valence-electron chi connectivity index (χ2n) is 6.01. The lowest BCUT2D eigenvalue weighted by Crippen LogP contribution is -1.85. The minimum atomic E-state index is -0.288. The van der Waals surface area contributed by atoms with Crippen molar-refractivity contribution < 1.29 is 4.39 Å². The van der Waals surface area contributed by atoms with E-state index in [0.717, 1.165) is 34.4 Å². The third-order valence-electron chi connectivity index (χ3n) is 3.58. The van der Waals surface area contributed by atoms with Crippen molar-refractivity contribution in [2.75, 3.05) is 0 Å². The van der Waals surface area contributed by atoms with Gasteiger partial charge in [0, 0.05) is 18.0 Å². The Morgan fingerprint density at radius 3 is 2.52 bits per heavy atom. The number of aliphatic imine (C=N–C) groups is 1. The number of nitrogens with one attached hydrogen (secondary N) is 1. The molecule has 0 fully saturated rings. The van der Waals surface area contributed by atoms with Crippen molar-refractivity contribution in [1.82, 2.24) is 0 Å². The van der Waals surface area contributed by atoms with E-state index in [0.29, 0.717) is 5.56 Å². The molecule has 0 atom stereocenters. The largest absolute Gasteiger partial charge is 0.404 e. The Morgan fingerprint density at radius 1 is 1.19 bits per heavy atom. The molecule has 0 aliphatic heterocycles. The molecule has 0 aliphatic rings. The predicted molar refractivity (Wildman–Crippen MR) is 113 cm³/mol. The number of nitrogens with two attached hydrogens (primary N) is 1. The summed E-state index contributed by atoms with van der Waals surface area (Å²) in [6.07, 6.45) is 5.37. The molecule has 2 aromatic carbocycles. The highest BCUT2D eigenvalue weighted by molar-refractivity contribution is 5.74. The molecule has 0 heterocycles. The van der Waals surface area contributed by atoms with Gasteiger partial charge in [-0.05, 0) is 74.4 Å². The van der Waals surface area contributed by atoms with Crippen molar-refractivity contribution in [3.05, 3.63) is 76.2 Å². The van der Waals surface area contributed by atoms with Gasteiger partial charge in [-0.2, -0.15) is 0 Å². The number of allylic oxidation sites excluding steroid dienone is 1. The standard InChI is InChI=1S/C19H18FN.C4H8N2/c1-4-11-21-19-13-16(7-6-15(19)3)8-9-17-12-14(2)5-10-18(17)20;1-4(2-5)3-6/h5-7,10-13H,4H2,1-3H3;2-3,5H,6H2,1H3/b;4-3-,5-2?. The van der Waals surface area contributed by atoms with Crippen LogP contribution < -0.4 is 5.73 Å². The van der Waals surface area contributed by atoms with Gasteiger partial charge in [0.2, 0.25) is 0 Å². The third-order valence-corrected chi connectivity index (χ3v) is 3.58. The maximum absolute atomic E-state index is 13.7. The molecule has 3 nitrogen and oxygen atoms in total. The molecule has 0 amide bonds. The number of hydrogen-bond donors (Lipinski definition) is 2. The molecule has 0 saturated heterocycles. The SMILES string of the molecule is C/C(C=N)=C/N.CCC=Nc1cc(C#Cc2cc(C)ccc2F)ccc1C. The van der Waals surface area contributed by atoms with Gasteiger partial charge < -0.3 is 11.1 Å². The summed E-state index contributed by atoms with van der Waals surface area (Å²) in [5.41, 5.74) is 10.0. The average molecular weight is 363 g/mol. The zero-order valence-electron chi connectivity index (χ0n) is 16.3. The minimum Gasteiger partial charge on any atom is -0.404 e. The van der Waals surface area contributed by atoms with E-state index in [1.165, 1.54) is 18.5 Å². The zero-order chi connectivity index (χ0) is 20.2. The lowest BCUT2D eigenvalue weighted by atomic mass is 10.1. The van der Waals surface area contributed by atoms with Gasteiger partial charge in [0.1, 0.15) is 5.82 Å². The summed E-state index contributed by atoms with van der Waals surface area (Å²) in [4.78, 5) is 4.40. The van der Waals surface area contributed by atoms with E-state index in [2.05, 4.69) is 16.8 Å². The van der Waals surface area contributed by atoms with E-state index in [1.54, 1.807) is 19.1 Å². The number of rotatable bonds is 3. The van der Waals surface area contributed by atoms with Crippen LogP contribution in [0.25, 0.3) is 0 Å². The molecule has 0 aromatic heterocycles. The predicted octanol–water partition coefficient (Wildman–Crippen LogP) is 5.45. The van der Waals surface area contributed by atoms with Gasteiger partial charge in [-0.1, -0.05) is 30.9 Å². The molecule has 0 spiro atoms. The number of benzene rings is 2. The molecule has 27 heavy (non-hydrogen) atoms. The highest BCUT2D eigenvalue weighted by atomic mass is 19.1. The van der Waals surface area contributed by atoms with Crippen molar-refractivity contribution in [1.29, 1.82) is 5.41 Å². The van der Waals surface area contributed by atoms with Crippen LogP contribution in [0.1, 0.15) is 42.5 Å². The van der Waals surface area contributed by atoms with Crippen molar-refractivity contribution in [2.45, 2.75) is 34.1 Å². The van der Waals surface area contributed by atoms with E-state index >= 15 is 0 Å². The second-order valence-corrected chi connectivity index (χ2v) is 6.01. The van der Waals surface area contributed by atoms with Crippen LogP contribution in [-0.4, -0.2) is 12.4 Å². The first-order valence-electron chi connectivity index (χ1n) is 8.71. The Hall–Kier alpha value is -3.19. The molecule has 4 heteroatoms. The molecule has 0 saturated carbocycles. The Balaban J connectivity index is 0.000000527. The summed E-state index contributed by atoms with van der Waals surface area (Å²) in [6.45, 7) is 7.75. The Labute approximate surface area is 161 Å². The number of nitrogens with zero attached hydrogens (tertiary/aromatic N) is 1. The quantitative estimate of drug-likeness (QED) is 0.552. The molecule has 2 rings (SSSR count). The van der Waals surface area contributed by atoms with Gasteiger partial charge in [0.05, 0.1) is 11.3 Å². The molecule has 2 aromatic rings. The fourth-order valence-electron chi connectivity index (χ4n) is 1.94. The summed E-state index contributed by atoms with van der Waals surface area (Å²) in [5, 5.41) is 6.54. The molecular weight excluding hydrogens is 337 g/mol. The fraction of sp³-hybridized carbons (Fsp3) is 0.217. The number of aryl methyl sites for hydroxylation is 2. The van der Waals surface area contributed by atoms with Crippen LogP contribution in [0, 0.1) is 36.9 Å². The molecule has 3 N–H and O–H groups in total. The zero-order valence-corrected chi connectivity index (χ0v) is 16.3. The number of hydrogen-bond acceptors (Lipinski definition) is 3. The molecule has 0 unspecified atom stereocenters. The van der Waals surface area contributed by atoms with Crippen molar-refractivity contribution in [3.63, 3.8) is 0 Å². The highest BCUT2D eigenvalue weighted by Gasteiger charge is 1.99. The van der Waals surface area contributed by atoms with E-state index < -0.39 is 0 Å². The Kier molecular flexibility index (Phi) is 9.25. The molecule has 0 bridgehead atoms. The minimum absolute atomic E-state index is 0.288. The Bertz CT molecular complexity index is 900. The van der Waals surface area contributed by atoms with Crippen molar-refractivity contribution in [2.24, 2.45) is 10.7 Å². The number of halogens is 1. The van der Waals surface area contributed by atoms with Crippen LogP contribution in [-0.2, 0) is 0 Å². The first kappa shape index (κ1) is 21.9. The fourth-order valence-corrected chi connectivity index (χ4v) is 1.94. The first-order chi connectivity index (χ1) is 12.9. The maximum atomic E-state index is 13.7. The van der Waals surface area contributed by atoms with Crippen molar-refractivity contribution in [3.8, 4) is 11.8 Å². The van der Waals surface area contributed by atoms with E-state index in [9.17, 15) is 4.39 Å². The lowest BCUT2D eigenvalue weighted by molar-refractivity contribution is 0.624. The Morgan fingerprint density at radius 2 is 1.93 bits per heavy atom. The molecular formula is C23H26FN3. The van der Waals surface area contributed by atoms with Crippen LogP contribution in [0.4, 0.5) is 10.1 Å². The van der Waals surface area contributed by atoms with Crippen LogP contribution in [0.3, 0.4) is 0 Å². The second kappa shape index (κ2) is 11.4. The molecule has 140 valence electrons. The summed E-state index contributed by atoms with van der Waals surface area (Å²) >= 11 is 0. The smallest absolute Gasteiger partial charge is 0.138 e. The van der Waals surface area contributed by atoms with E-state index in [1.807, 2.05) is 45.2 Å². The lowest BCUT2D eigenvalue weighted by Gasteiger charge is -2.00. The highest BCUT2D eigenvalue weighted by Crippen LogP contribution is 2.19. The van der Waals surface area contributed by atoms with Gasteiger partial charge >= 0.3 is 0 Å². The average Bonchev–Trinajstić information content (AvgIpc) is 2.68. The third kappa shape index (κ3) is 7.70. The maximum Gasteiger partial charge on any atom is 0.138 e. The van der Waals surface area contributed by atoms with Gasteiger partial charge in [-0.3, -0.25) is 4.99 Å². The van der Waals surface area contributed by atoms with Crippen LogP contribution in [0.2, 0.25) is 0 Å². The normalized spacial score (nSPS) is 10.6. The summed E-state index contributed by atoms with van der Waals surface area (Å²) < 4.78 is 13.7. The van der Waals surface area contributed by atoms with Crippen LogP contribution >= 0.6 is 0 Å². The summed E-state index contributed by atoms with van der Waals surface area (Å²) in [5.74, 6) is 5.62. The summed E-state index contributed by atoms with van der Waals surface area (Å²) in [6, 6.07) is 10.8. The van der Waals surface area contributed by atoms with Crippen molar-refractivity contribution >= 4 is 18.1 Å². The van der Waals surface area contributed by atoms with Crippen LogP contribution in [0.15, 0.2) is 53.2 Å². The molecule has 0 aliphatic carbocycles. The van der Waals surface area contributed by atoms with Crippen LogP contribution in [0.5, 0.6) is 0 Å². The monoisotopic (exact) mass is 363 g/mol. The van der Waals surface area contributed by atoms with Gasteiger partial charge in [-0.25, -0.2) is 4.39 Å². The molecule has 0 radical (unpaired) electrons.